The van der Waals surface area contributed by atoms with Crippen molar-refractivity contribution in [2.75, 3.05) is 10.6 Å². The van der Waals surface area contributed by atoms with E-state index >= 15 is 0 Å². The fourth-order valence-electron chi connectivity index (χ4n) is 2.46. The smallest absolute Gasteiger partial charge is 0.257 e. The number of carbonyl (C=O) groups is 1. The van der Waals surface area contributed by atoms with Gasteiger partial charge in [-0.15, -0.1) is 0 Å². The minimum Gasteiger partial charge on any atom is -0.380 e. The normalized spacial score (nSPS) is 10.3. The lowest BCUT2D eigenvalue weighted by Crippen LogP contribution is -2.12. The van der Waals surface area contributed by atoms with Crippen LogP contribution in [0.15, 0.2) is 71.5 Å². The molecule has 0 atom stereocenters. The molecule has 0 spiro atoms. The molecule has 5 heteroatoms. The van der Waals surface area contributed by atoms with Crippen molar-refractivity contribution in [2.24, 2.45) is 0 Å². The van der Waals surface area contributed by atoms with E-state index in [9.17, 15) is 4.79 Å². The van der Waals surface area contributed by atoms with Crippen molar-refractivity contribution >= 4 is 33.2 Å². The molecule has 4 nitrogen and oxygen atoms in total. The molecule has 25 heavy (non-hydrogen) atoms. The summed E-state index contributed by atoms with van der Waals surface area (Å²) in [7, 11) is 0. The van der Waals surface area contributed by atoms with E-state index in [2.05, 4.69) is 56.7 Å². The van der Waals surface area contributed by atoms with Crippen LogP contribution in [0.2, 0.25) is 0 Å². The molecule has 0 aliphatic carbocycles. The summed E-state index contributed by atoms with van der Waals surface area (Å²) in [6, 6.07) is 17.6. The number of aromatic nitrogens is 1. The van der Waals surface area contributed by atoms with Gasteiger partial charge in [-0.05, 0) is 36.8 Å². The van der Waals surface area contributed by atoms with Gasteiger partial charge in [-0.1, -0.05) is 51.8 Å². The zero-order valence-electron chi connectivity index (χ0n) is 13.8. The van der Waals surface area contributed by atoms with Crippen molar-refractivity contribution in [1.29, 1.82) is 0 Å². The van der Waals surface area contributed by atoms with E-state index in [0.717, 1.165) is 15.8 Å². The molecule has 0 unspecified atom stereocenters. The Hall–Kier alpha value is -2.66. The second-order valence-corrected chi connectivity index (χ2v) is 6.69. The molecule has 0 saturated carbocycles. The highest BCUT2D eigenvalue weighted by atomic mass is 79.9. The number of anilines is 2. The average molecular weight is 396 g/mol. The first-order valence-corrected chi connectivity index (χ1v) is 8.71. The molecule has 1 heterocycles. The van der Waals surface area contributed by atoms with Crippen molar-refractivity contribution in [3.63, 3.8) is 0 Å². The second-order valence-electron chi connectivity index (χ2n) is 5.77. The van der Waals surface area contributed by atoms with Crippen LogP contribution < -0.4 is 10.6 Å². The maximum Gasteiger partial charge on any atom is 0.257 e. The number of hydrogen-bond donors (Lipinski definition) is 2. The Labute approximate surface area is 155 Å². The van der Waals surface area contributed by atoms with Gasteiger partial charge >= 0.3 is 0 Å². The van der Waals surface area contributed by atoms with Gasteiger partial charge in [0.15, 0.2) is 0 Å². The monoisotopic (exact) mass is 395 g/mol. The molecule has 0 bridgehead atoms. The van der Waals surface area contributed by atoms with Gasteiger partial charge in [0.2, 0.25) is 0 Å². The Morgan fingerprint density at radius 3 is 2.68 bits per heavy atom. The van der Waals surface area contributed by atoms with Crippen LogP contribution in [0.4, 0.5) is 11.4 Å². The Kier molecular flexibility index (Phi) is 5.46. The molecule has 3 aromatic rings. The molecule has 1 aromatic heterocycles. The fourth-order valence-corrected chi connectivity index (χ4v) is 2.86. The van der Waals surface area contributed by atoms with Crippen LogP contribution >= 0.6 is 15.9 Å². The number of halogens is 1. The van der Waals surface area contributed by atoms with Gasteiger partial charge in [0.1, 0.15) is 0 Å². The van der Waals surface area contributed by atoms with Gasteiger partial charge in [-0.3, -0.25) is 9.78 Å². The van der Waals surface area contributed by atoms with E-state index in [1.54, 1.807) is 18.5 Å². The summed E-state index contributed by atoms with van der Waals surface area (Å²) in [4.78, 5) is 16.6. The first-order valence-electron chi connectivity index (χ1n) is 7.91. The number of pyridine rings is 1. The van der Waals surface area contributed by atoms with Gasteiger partial charge in [0.25, 0.3) is 5.91 Å². The molecular weight excluding hydrogens is 378 g/mol. The highest BCUT2D eigenvalue weighted by Crippen LogP contribution is 2.17. The zero-order valence-corrected chi connectivity index (χ0v) is 15.4. The maximum atomic E-state index is 12.4. The quantitative estimate of drug-likeness (QED) is 0.637. The third kappa shape index (κ3) is 4.90. The molecule has 0 aliphatic rings. The van der Waals surface area contributed by atoms with Crippen LogP contribution in [0, 0.1) is 6.92 Å². The molecule has 3 rings (SSSR count). The van der Waals surface area contributed by atoms with E-state index in [1.165, 1.54) is 11.1 Å². The predicted octanol–water partition coefficient (Wildman–Crippen LogP) is 5.02. The van der Waals surface area contributed by atoms with Crippen molar-refractivity contribution in [1.82, 2.24) is 4.98 Å². The summed E-state index contributed by atoms with van der Waals surface area (Å²) in [6.07, 6.45) is 3.27. The third-order valence-electron chi connectivity index (χ3n) is 3.66. The molecule has 2 aromatic carbocycles. The fraction of sp³-hybridized carbons (Fsp3) is 0.100. The largest absolute Gasteiger partial charge is 0.380 e. The molecule has 0 aliphatic heterocycles. The SMILES string of the molecule is Cc1cccc(CNc2cncc(C(=O)Nc3cccc(Br)c3)c2)c1. The van der Waals surface area contributed by atoms with E-state index in [4.69, 9.17) is 0 Å². The van der Waals surface area contributed by atoms with Crippen molar-refractivity contribution in [3.05, 3.63) is 88.2 Å². The van der Waals surface area contributed by atoms with Gasteiger partial charge < -0.3 is 10.6 Å². The predicted molar refractivity (Wildman–Crippen MR) is 105 cm³/mol. The molecule has 0 fully saturated rings. The van der Waals surface area contributed by atoms with E-state index in [0.29, 0.717) is 12.1 Å². The van der Waals surface area contributed by atoms with E-state index < -0.39 is 0 Å². The average Bonchev–Trinajstić information content (AvgIpc) is 2.60. The van der Waals surface area contributed by atoms with Crippen LogP contribution in [0.25, 0.3) is 0 Å². The summed E-state index contributed by atoms with van der Waals surface area (Å²) in [5, 5.41) is 6.18. The summed E-state index contributed by atoms with van der Waals surface area (Å²) < 4.78 is 0.914. The van der Waals surface area contributed by atoms with Crippen LogP contribution in [0.5, 0.6) is 0 Å². The topological polar surface area (TPSA) is 54.0 Å². The van der Waals surface area contributed by atoms with E-state index in [1.807, 2.05) is 30.3 Å². The minimum atomic E-state index is -0.190. The Morgan fingerprint density at radius 2 is 1.88 bits per heavy atom. The minimum absolute atomic E-state index is 0.190. The molecule has 0 radical (unpaired) electrons. The Bertz CT molecular complexity index is 895. The number of nitrogens with one attached hydrogen (secondary N) is 2. The summed E-state index contributed by atoms with van der Waals surface area (Å²) >= 11 is 3.39. The highest BCUT2D eigenvalue weighted by molar-refractivity contribution is 9.10. The molecule has 2 N–H and O–H groups in total. The third-order valence-corrected chi connectivity index (χ3v) is 4.16. The Balaban J connectivity index is 1.67. The lowest BCUT2D eigenvalue weighted by atomic mass is 10.1. The summed E-state index contributed by atoms with van der Waals surface area (Å²) in [6.45, 7) is 2.75. The van der Waals surface area contributed by atoms with E-state index in [-0.39, 0.29) is 5.91 Å². The molecule has 0 saturated heterocycles. The number of carbonyl (C=O) groups excluding carboxylic acids is 1. The molecule has 1 amide bonds. The number of amides is 1. The number of nitrogens with zero attached hydrogens (tertiary/aromatic N) is 1. The highest BCUT2D eigenvalue weighted by Gasteiger charge is 2.08. The van der Waals surface area contributed by atoms with Crippen LogP contribution in [-0.2, 0) is 6.54 Å². The standard InChI is InChI=1S/C20H18BrN3O/c1-14-4-2-5-15(8-14)11-23-19-9-16(12-22-13-19)20(25)24-18-7-3-6-17(21)10-18/h2-10,12-13,23H,11H2,1H3,(H,24,25). The first-order chi connectivity index (χ1) is 12.1. The number of rotatable bonds is 5. The van der Waals surface area contributed by atoms with Gasteiger partial charge in [0.05, 0.1) is 11.3 Å². The lowest BCUT2D eigenvalue weighted by Gasteiger charge is -2.09. The number of hydrogen-bond acceptors (Lipinski definition) is 3. The maximum absolute atomic E-state index is 12.4. The van der Waals surface area contributed by atoms with Gasteiger partial charge in [0, 0.05) is 29.1 Å². The number of benzene rings is 2. The van der Waals surface area contributed by atoms with Gasteiger partial charge in [-0.2, -0.15) is 0 Å². The molecular formula is C20H18BrN3O. The molecule has 126 valence electrons. The first kappa shape index (κ1) is 17.2. The number of aryl methyl sites for hydroxylation is 1. The van der Waals surface area contributed by atoms with Crippen LogP contribution in [0.3, 0.4) is 0 Å². The summed E-state index contributed by atoms with van der Waals surface area (Å²) in [5.41, 5.74) is 4.46. The zero-order chi connectivity index (χ0) is 17.6. The van der Waals surface area contributed by atoms with Crippen LogP contribution in [-0.4, -0.2) is 10.9 Å². The second kappa shape index (κ2) is 7.94. The van der Waals surface area contributed by atoms with Crippen molar-refractivity contribution < 1.29 is 4.79 Å². The summed E-state index contributed by atoms with van der Waals surface area (Å²) in [5.74, 6) is -0.190. The Morgan fingerprint density at radius 1 is 1.04 bits per heavy atom. The van der Waals surface area contributed by atoms with Gasteiger partial charge in [-0.25, -0.2) is 0 Å². The lowest BCUT2D eigenvalue weighted by molar-refractivity contribution is 0.102. The van der Waals surface area contributed by atoms with Crippen molar-refractivity contribution in [2.45, 2.75) is 13.5 Å². The van der Waals surface area contributed by atoms with Crippen LogP contribution in [0.1, 0.15) is 21.5 Å². The van der Waals surface area contributed by atoms with Crippen molar-refractivity contribution in [3.8, 4) is 0 Å².